The summed E-state index contributed by atoms with van der Waals surface area (Å²) in [5, 5.41) is 19.1. The quantitative estimate of drug-likeness (QED) is 0.459. The first-order valence-corrected chi connectivity index (χ1v) is 5.42. The highest BCUT2D eigenvalue weighted by atomic mass is 127. The van der Waals surface area contributed by atoms with Gasteiger partial charge in [0.15, 0.2) is 0 Å². The highest BCUT2D eigenvalue weighted by Gasteiger charge is 2.15. The lowest BCUT2D eigenvalue weighted by atomic mass is 10.1. The SMILES string of the molecule is N#CCc1cc(I)c(Br)c([N+](=O)[O-])c1. The Kier molecular flexibility index (Phi) is 3.83. The fraction of sp³-hybridized carbons (Fsp3) is 0.125. The van der Waals surface area contributed by atoms with Gasteiger partial charge in [0, 0.05) is 9.64 Å². The second kappa shape index (κ2) is 4.70. The summed E-state index contributed by atoms with van der Waals surface area (Å²) in [4.78, 5) is 10.2. The fourth-order valence-electron chi connectivity index (χ4n) is 0.955. The Bertz CT molecular complexity index is 428. The molecule has 0 bridgehead atoms. The molecule has 0 saturated carbocycles. The average Bonchev–Trinajstić information content (AvgIpc) is 2.11. The summed E-state index contributed by atoms with van der Waals surface area (Å²) in [6, 6.07) is 5.12. The standard InChI is InChI=1S/C8H4BrIN2O2/c9-8-6(10)3-5(1-2-11)4-7(8)12(13)14/h3-4H,1H2. The van der Waals surface area contributed by atoms with Gasteiger partial charge in [0.25, 0.3) is 5.69 Å². The van der Waals surface area contributed by atoms with Crippen molar-refractivity contribution < 1.29 is 4.92 Å². The van der Waals surface area contributed by atoms with Crippen molar-refractivity contribution in [3.8, 4) is 6.07 Å². The summed E-state index contributed by atoms with van der Waals surface area (Å²) in [7, 11) is 0. The minimum absolute atomic E-state index is 0.00199. The van der Waals surface area contributed by atoms with E-state index in [-0.39, 0.29) is 12.1 Å². The van der Waals surface area contributed by atoms with Crippen LogP contribution in [0.1, 0.15) is 5.56 Å². The van der Waals surface area contributed by atoms with Gasteiger partial charge in [-0.1, -0.05) is 0 Å². The maximum absolute atomic E-state index is 10.6. The number of halogens is 2. The molecule has 0 aliphatic rings. The van der Waals surface area contributed by atoms with Crippen LogP contribution in [-0.4, -0.2) is 4.92 Å². The second-order valence-corrected chi connectivity index (χ2v) is 4.46. The summed E-state index contributed by atoms with van der Waals surface area (Å²) in [5.41, 5.74) is 0.661. The number of nitro groups is 1. The van der Waals surface area contributed by atoms with Gasteiger partial charge in [-0.3, -0.25) is 10.1 Å². The Hall–Kier alpha value is -0.680. The molecule has 0 aliphatic heterocycles. The first-order valence-electron chi connectivity index (χ1n) is 3.55. The number of nitrogens with zero attached hydrogens (tertiary/aromatic N) is 2. The van der Waals surface area contributed by atoms with Crippen LogP contribution in [-0.2, 0) is 6.42 Å². The Morgan fingerprint density at radius 3 is 2.79 bits per heavy atom. The summed E-state index contributed by atoms with van der Waals surface area (Å²) in [5.74, 6) is 0. The van der Waals surface area contributed by atoms with Crippen molar-refractivity contribution in [2.75, 3.05) is 0 Å². The Morgan fingerprint density at radius 2 is 2.29 bits per heavy atom. The van der Waals surface area contributed by atoms with Crippen molar-refractivity contribution in [2.45, 2.75) is 6.42 Å². The van der Waals surface area contributed by atoms with Crippen LogP contribution >= 0.6 is 38.5 Å². The van der Waals surface area contributed by atoms with Gasteiger partial charge in [0.1, 0.15) is 4.47 Å². The zero-order valence-corrected chi connectivity index (χ0v) is 10.6. The molecule has 0 amide bonds. The van der Waals surface area contributed by atoms with E-state index >= 15 is 0 Å². The molecule has 0 heterocycles. The van der Waals surface area contributed by atoms with E-state index in [1.165, 1.54) is 6.07 Å². The van der Waals surface area contributed by atoms with Crippen molar-refractivity contribution in [1.29, 1.82) is 5.26 Å². The molecule has 4 nitrogen and oxygen atoms in total. The van der Waals surface area contributed by atoms with Gasteiger partial charge in [-0.25, -0.2) is 0 Å². The molecule has 0 fully saturated rings. The fourth-order valence-corrected chi connectivity index (χ4v) is 2.01. The summed E-state index contributed by atoms with van der Waals surface area (Å²) in [6.07, 6.45) is 0.185. The number of nitro benzene ring substituents is 1. The molecule has 0 aliphatic carbocycles. The van der Waals surface area contributed by atoms with E-state index in [0.717, 1.165) is 3.57 Å². The van der Waals surface area contributed by atoms with E-state index in [1.807, 2.05) is 28.7 Å². The number of benzene rings is 1. The number of hydrogen-bond acceptors (Lipinski definition) is 3. The van der Waals surface area contributed by atoms with Crippen molar-refractivity contribution >= 4 is 44.2 Å². The molecule has 1 aromatic carbocycles. The van der Waals surface area contributed by atoms with E-state index in [0.29, 0.717) is 10.0 Å². The van der Waals surface area contributed by atoms with Crippen molar-refractivity contribution in [3.05, 3.63) is 35.9 Å². The number of rotatable bonds is 2. The lowest BCUT2D eigenvalue weighted by Gasteiger charge is -2.01. The summed E-state index contributed by atoms with van der Waals surface area (Å²) in [6.45, 7) is 0. The van der Waals surface area contributed by atoms with Crippen LogP contribution in [0.4, 0.5) is 5.69 Å². The van der Waals surface area contributed by atoms with Crippen LogP contribution in [0.15, 0.2) is 16.6 Å². The molecule has 1 aromatic rings. The topological polar surface area (TPSA) is 66.9 Å². The Morgan fingerprint density at radius 1 is 1.64 bits per heavy atom. The molecule has 0 spiro atoms. The molecule has 0 radical (unpaired) electrons. The molecular formula is C8H4BrIN2O2. The molecular weight excluding hydrogens is 363 g/mol. The van der Waals surface area contributed by atoms with E-state index in [4.69, 9.17) is 5.26 Å². The first-order chi connectivity index (χ1) is 6.56. The third kappa shape index (κ3) is 2.42. The minimum atomic E-state index is -0.465. The van der Waals surface area contributed by atoms with E-state index in [1.54, 1.807) is 6.07 Å². The molecule has 14 heavy (non-hydrogen) atoms. The van der Waals surface area contributed by atoms with Crippen LogP contribution in [0.2, 0.25) is 0 Å². The van der Waals surface area contributed by atoms with Crippen molar-refractivity contribution in [3.63, 3.8) is 0 Å². The van der Waals surface area contributed by atoms with E-state index in [9.17, 15) is 10.1 Å². The van der Waals surface area contributed by atoms with Crippen molar-refractivity contribution in [1.82, 2.24) is 0 Å². The first kappa shape index (κ1) is 11.4. The van der Waals surface area contributed by atoms with E-state index in [2.05, 4.69) is 15.9 Å². The van der Waals surface area contributed by atoms with Crippen LogP contribution in [0.25, 0.3) is 0 Å². The molecule has 0 unspecified atom stereocenters. The van der Waals surface area contributed by atoms with Gasteiger partial charge in [-0.15, -0.1) is 0 Å². The molecule has 0 atom stereocenters. The van der Waals surface area contributed by atoms with Crippen LogP contribution in [0.3, 0.4) is 0 Å². The number of hydrogen-bond donors (Lipinski definition) is 0. The molecule has 0 saturated heterocycles. The zero-order chi connectivity index (χ0) is 10.7. The predicted molar refractivity (Wildman–Crippen MR) is 62.8 cm³/mol. The third-order valence-corrected chi connectivity index (χ3v) is 3.97. The van der Waals surface area contributed by atoms with Crippen molar-refractivity contribution in [2.24, 2.45) is 0 Å². The normalized spacial score (nSPS) is 9.50. The minimum Gasteiger partial charge on any atom is -0.258 e. The maximum Gasteiger partial charge on any atom is 0.284 e. The largest absolute Gasteiger partial charge is 0.284 e. The maximum atomic E-state index is 10.6. The van der Waals surface area contributed by atoms with E-state index < -0.39 is 4.92 Å². The summed E-state index contributed by atoms with van der Waals surface area (Å²) < 4.78 is 1.20. The summed E-state index contributed by atoms with van der Waals surface area (Å²) >= 11 is 5.12. The molecule has 1 rings (SSSR count). The molecule has 0 N–H and O–H groups in total. The monoisotopic (exact) mass is 366 g/mol. The van der Waals surface area contributed by atoms with Gasteiger partial charge in [-0.2, -0.15) is 5.26 Å². The van der Waals surface area contributed by atoms with Crippen LogP contribution < -0.4 is 0 Å². The molecule has 0 aromatic heterocycles. The predicted octanol–water partition coefficient (Wildman–Crippen LogP) is 3.03. The van der Waals surface area contributed by atoms with Gasteiger partial charge >= 0.3 is 0 Å². The number of nitriles is 1. The Balaban J connectivity index is 3.29. The lowest BCUT2D eigenvalue weighted by molar-refractivity contribution is -0.385. The molecule has 72 valence electrons. The zero-order valence-electron chi connectivity index (χ0n) is 6.83. The van der Waals surface area contributed by atoms with Gasteiger partial charge in [0.05, 0.1) is 17.4 Å². The Labute approximate surface area is 102 Å². The third-order valence-electron chi connectivity index (χ3n) is 1.55. The lowest BCUT2D eigenvalue weighted by Crippen LogP contribution is -1.94. The second-order valence-electron chi connectivity index (χ2n) is 2.50. The molecule has 6 heteroatoms. The highest BCUT2D eigenvalue weighted by Crippen LogP contribution is 2.31. The van der Waals surface area contributed by atoms with Gasteiger partial charge in [0.2, 0.25) is 0 Å². The van der Waals surface area contributed by atoms with Crippen LogP contribution in [0, 0.1) is 25.0 Å². The highest BCUT2D eigenvalue weighted by molar-refractivity contribution is 14.1. The van der Waals surface area contributed by atoms with Crippen LogP contribution in [0.5, 0.6) is 0 Å². The average molecular weight is 367 g/mol. The smallest absolute Gasteiger partial charge is 0.258 e. The van der Waals surface area contributed by atoms with Gasteiger partial charge < -0.3 is 0 Å². The van der Waals surface area contributed by atoms with Gasteiger partial charge in [-0.05, 0) is 50.2 Å².